The second kappa shape index (κ2) is 5.14. The topological polar surface area (TPSA) is 50.2 Å². The van der Waals surface area contributed by atoms with E-state index < -0.39 is 29.3 Å². The van der Waals surface area contributed by atoms with Gasteiger partial charge in [0.1, 0.15) is 5.01 Å². The normalized spacial score (nSPS) is 17.6. The van der Waals surface area contributed by atoms with Crippen LogP contribution < -0.4 is 0 Å². The van der Waals surface area contributed by atoms with Crippen molar-refractivity contribution < 1.29 is 23.1 Å². The van der Waals surface area contributed by atoms with Crippen molar-refractivity contribution in [1.29, 1.82) is 0 Å². The van der Waals surface area contributed by atoms with Gasteiger partial charge in [0.05, 0.1) is 11.6 Å². The zero-order valence-electron chi connectivity index (χ0n) is 10.7. The molecule has 1 heterocycles. The average molecular weight is 313 g/mol. The fourth-order valence-corrected chi connectivity index (χ4v) is 3.61. The van der Waals surface area contributed by atoms with Crippen LogP contribution in [0.3, 0.4) is 0 Å². The van der Waals surface area contributed by atoms with Gasteiger partial charge in [-0.2, -0.15) is 0 Å². The molecule has 1 aromatic carbocycles. The Hall–Kier alpha value is -1.89. The molecule has 0 spiro atoms. The summed E-state index contributed by atoms with van der Waals surface area (Å²) in [4.78, 5) is 16.2. The molecule has 110 valence electrons. The van der Waals surface area contributed by atoms with E-state index in [-0.39, 0.29) is 5.56 Å². The van der Waals surface area contributed by atoms with Gasteiger partial charge in [-0.3, -0.25) is 4.79 Å². The standard InChI is InChI=1S/C14H10F3NO2S/c15-8-4-6(5-9(16)11(8)17)13-18-12-7(14(19)20)2-1-3-10(12)21-13/h4-5,7H,1-3H2,(H,19,20). The first-order valence-corrected chi connectivity index (χ1v) is 7.16. The van der Waals surface area contributed by atoms with E-state index in [1.807, 2.05) is 0 Å². The first-order chi connectivity index (χ1) is 9.97. The van der Waals surface area contributed by atoms with Crippen molar-refractivity contribution in [2.24, 2.45) is 0 Å². The van der Waals surface area contributed by atoms with Gasteiger partial charge in [0.2, 0.25) is 0 Å². The Labute approximate surface area is 122 Å². The Morgan fingerprint density at radius 2 is 1.95 bits per heavy atom. The number of halogens is 3. The van der Waals surface area contributed by atoms with E-state index in [2.05, 4.69) is 4.98 Å². The number of nitrogens with zero attached hydrogens (tertiary/aromatic N) is 1. The van der Waals surface area contributed by atoms with Crippen molar-refractivity contribution >= 4 is 17.3 Å². The maximum Gasteiger partial charge on any atom is 0.312 e. The number of carbonyl (C=O) groups is 1. The van der Waals surface area contributed by atoms with Crippen LogP contribution in [0.15, 0.2) is 12.1 Å². The van der Waals surface area contributed by atoms with Gasteiger partial charge in [-0.15, -0.1) is 11.3 Å². The third-order valence-corrected chi connectivity index (χ3v) is 4.66. The van der Waals surface area contributed by atoms with Gasteiger partial charge in [-0.05, 0) is 31.4 Å². The Morgan fingerprint density at radius 3 is 2.57 bits per heavy atom. The molecule has 0 bridgehead atoms. The van der Waals surface area contributed by atoms with Crippen molar-refractivity contribution in [2.75, 3.05) is 0 Å². The molecule has 1 aliphatic rings. The van der Waals surface area contributed by atoms with Gasteiger partial charge in [0, 0.05) is 10.4 Å². The predicted octanol–water partition coefficient (Wildman–Crippen LogP) is 3.73. The molecule has 1 aliphatic carbocycles. The lowest BCUT2D eigenvalue weighted by atomic mass is 9.91. The van der Waals surface area contributed by atoms with Crippen LogP contribution in [0.4, 0.5) is 13.2 Å². The summed E-state index contributed by atoms with van der Waals surface area (Å²) in [5.41, 5.74) is 0.578. The SMILES string of the molecule is O=C(O)C1CCCc2sc(-c3cc(F)c(F)c(F)c3)nc21. The molecule has 1 N–H and O–H groups in total. The van der Waals surface area contributed by atoms with Gasteiger partial charge < -0.3 is 5.11 Å². The lowest BCUT2D eigenvalue weighted by Crippen LogP contribution is -2.17. The molecular weight excluding hydrogens is 303 g/mol. The predicted molar refractivity (Wildman–Crippen MR) is 70.7 cm³/mol. The maximum absolute atomic E-state index is 13.3. The molecule has 0 amide bonds. The minimum Gasteiger partial charge on any atom is -0.481 e. The summed E-state index contributed by atoms with van der Waals surface area (Å²) in [5.74, 6) is -5.73. The largest absolute Gasteiger partial charge is 0.481 e. The van der Waals surface area contributed by atoms with Crippen molar-refractivity contribution in [3.05, 3.63) is 40.2 Å². The second-order valence-corrected chi connectivity index (χ2v) is 5.95. The van der Waals surface area contributed by atoms with Crippen LogP contribution in [0, 0.1) is 17.5 Å². The summed E-state index contributed by atoms with van der Waals surface area (Å²) in [7, 11) is 0. The summed E-state index contributed by atoms with van der Waals surface area (Å²) < 4.78 is 39.5. The van der Waals surface area contributed by atoms with Crippen molar-refractivity contribution in [3.63, 3.8) is 0 Å². The van der Waals surface area contributed by atoms with Crippen molar-refractivity contribution in [2.45, 2.75) is 25.2 Å². The van der Waals surface area contributed by atoms with Gasteiger partial charge in [0.25, 0.3) is 0 Å². The van der Waals surface area contributed by atoms with Crippen LogP contribution in [0.1, 0.15) is 29.3 Å². The van der Waals surface area contributed by atoms with E-state index in [9.17, 15) is 23.1 Å². The summed E-state index contributed by atoms with van der Waals surface area (Å²) in [6, 6.07) is 1.75. The smallest absolute Gasteiger partial charge is 0.312 e. The summed E-state index contributed by atoms with van der Waals surface area (Å²) in [6.45, 7) is 0. The fraction of sp³-hybridized carbons (Fsp3) is 0.286. The van der Waals surface area contributed by atoms with Crippen LogP contribution in [-0.4, -0.2) is 16.1 Å². The van der Waals surface area contributed by atoms with Crippen molar-refractivity contribution in [1.82, 2.24) is 4.98 Å². The fourth-order valence-electron chi connectivity index (χ4n) is 2.46. The molecule has 0 fully saturated rings. The molecule has 3 nitrogen and oxygen atoms in total. The number of thiazole rings is 1. The molecule has 1 aromatic heterocycles. The van der Waals surface area contributed by atoms with Crippen LogP contribution in [0.25, 0.3) is 10.6 Å². The van der Waals surface area contributed by atoms with Crippen LogP contribution in [0.2, 0.25) is 0 Å². The van der Waals surface area contributed by atoms with Crippen molar-refractivity contribution in [3.8, 4) is 10.6 Å². The molecule has 0 radical (unpaired) electrons. The van der Waals surface area contributed by atoms with Crippen LogP contribution in [-0.2, 0) is 11.2 Å². The Morgan fingerprint density at radius 1 is 1.29 bits per heavy atom. The molecule has 21 heavy (non-hydrogen) atoms. The quantitative estimate of drug-likeness (QED) is 0.859. The summed E-state index contributed by atoms with van der Waals surface area (Å²) in [5, 5.41) is 9.50. The van der Waals surface area contributed by atoms with Gasteiger partial charge in [0.15, 0.2) is 17.5 Å². The monoisotopic (exact) mass is 313 g/mol. The van der Waals surface area contributed by atoms with E-state index in [4.69, 9.17) is 0 Å². The second-order valence-electron chi connectivity index (χ2n) is 4.86. The summed E-state index contributed by atoms with van der Waals surface area (Å²) in [6.07, 6.45) is 1.93. The lowest BCUT2D eigenvalue weighted by Gasteiger charge is -2.16. The minimum absolute atomic E-state index is 0.120. The zero-order valence-corrected chi connectivity index (χ0v) is 11.5. The number of fused-ring (bicyclic) bond motifs is 1. The van der Waals surface area contributed by atoms with Crippen LogP contribution >= 0.6 is 11.3 Å². The van der Waals surface area contributed by atoms with E-state index in [0.29, 0.717) is 23.5 Å². The lowest BCUT2D eigenvalue weighted by molar-refractivity contribution is -0.139. The number of carboxylic acid groups (broad SMARTS) is 1. The van der Waals surface area contributed by atoms with E-state index >= 15 is 0 Å². The number of hydrogen-bond acceptors (Lipinski definition) is 3. The average Bonchev–Trinajstić information content (AvgIpc) is 2.87. The highest BCUT2D eigenvalue weighted by atomic mass is 32.1. The highest BCUT2D eigenvalue weighted by molar-refractivity contribution is 7.15. The molecule has 7 heteroatoms. The highest BCUT2D eigenvalue weighted by Crippen LogP contribution is 2.38. The van der Waals surface area contributed by atoms with Crippen LogP contribution in [0.5, 0.6) is 0 Å². The molecule has 1 unspecified atom stereocenters. The molecule has 3 rings (SSSR count). The molecule has 0 aliphatic heterocycles. The van der Waals surface area contributed by atoms with E-state index in [1.165, 1.54) is 11.3 Å². The first-order valence-electron chi connectivity index (χ1n) is 6.34. The number of hydrogen-bond donors (Lipinski definition) is 1. The third-order valence-electron chi connectivity index (χ3n) is 3.48. The van der Waals surface area contributed by atoms with E-state index in [0.717, 1.165) is 23.4 Å². The minimum atomic E-state index is -1.52. The number of carboxylic acids is 1. The maximum atomic E-state index is 13.3. The number of benzene rings is 1. The Bertz CT molecular complexity index is 706. The highest BCUT2D eigenvalue weighted by Gasteiger charge is 2.30. The molecule has 0 saturated heterocycles. The molecule has 0 saturated carbocycles. The van der Waals surface area contributed by atoms with E-state index in [1.54, 1.807) is 0 Å². The third kappa shape index (κ3) is 2.42. The van der Waals surface area contributed by atoms with Gasteiger partial charge in [-0.1, -0.05) is 0 Å². The number of aryl methyl sites for hydroxylation is 1. The zero-order chi connectivity index (χ0) is 15.1. The summed E-state index contributed by atoms with van der Waals surface area (Å²) >= 11 is 1.20. The molecule has 1 atom stereocenters. The number of aromatic nitrogens is 1. The number of aliphatic carboxylic acids is 1. The first kappa shape index (κ1) is 14.1. The van der Waals surface area contributed by atoms with Gasteiger partial charge >= 0.3 is 5.97 Å². The number of rotatable bonds is 2. The van der Waals surface area contributed by atoms with Gasteiger partial charge in [-0.25, -0.2) is 18.2 Å². The Kier molecular flexibility index (Phi) is 3.44. The molecule has 2 aromatic rings. The Balaban J connectivity index is 2.07. The molecular formula is C14H10F3NO2S.